The minimum atomic E-state index is -0.0583. The molecule has 0 aliphatic carbocycles. The molecule has 6 heteroatoms. The third-order valence-corrected chi connectivity index (χ3v) is 4.53. The van der Waals surface area contributed by atoms with Crippen LogP contribution in [-0.2, 0) is 4.79 Å². The van der Waals surface area contributed by atoms with Gasteiger partial charge in [-0.3, -0.25) is 15.2 Å². The van der Waals surface area contributed by atoms with Crippen molar-refractivity contribution in [2.75, 3.05) is 29.5 Å². The number of rotatable bonds is 5. The van der Waals surface area contributed by atoms with Crippen LogP contribution in [-0.4, -0.2) is 35.5 Å². The number of hydrazine groups is 1. The van der Waals surface area contributed by atoms with Crippen LogP contribution in [0.2, 0.25) is 0 Å². The van der Waals surface area contributed by atoms with E-state index >= 15 is 0 Å². The van der Waals surface area contributed by atoms with Crippen LogP contribution in [0.4, 0.5) is 11.6 Å². The van der Waals surface area contributed by atoms with Crippen LogP contribution >= 0.6 is 0 Å². The van der Waals surface area contributed by atoms with Crippen LogP contribution < -0.4 is 15.3 Å². The molecule has 132 valence electrons. The first-order chi connectivity index (χ1) is 12.2. The number of nitrogens with one attached hydrogen (secondary N) is 1. The molecule has 1 saturated heterocycles. The minimum Gasteiger partial charge on any atom is -0.340 e. The lowest BCUT2D eigenvalue weighted by atomic mass is 9.97. The van der Waals surface area contributed by atoms with Crippen molar-refractivity contribution in [3.63, 3.8) is 0 Å². The van der Waals surface area contributed by atoms with E-state index in [0.29, 0.717) is 19.0 Å². The van der Waals surface area contributed by atoms with Gasteiger partial charge in [0, 0.05) is 32.0 Å². The average Bonchev–Trinajstić information content (AvgIpc) is 2.67. The fraction of sp³-hybridized carbons (Fsp3) is 0.421. The maximum absolute atomic E-state index is 12.8. The Morgan fingerprint density at radius 3 is 2.68 bits per heavy atom. The molecule has 1 aliphatic heterocycles. The smallest absolute Gasteiger partial charge is 0.243 e. The summed E-state index contributed by atoms with van der Waals surface area (Å²) in [4.78, 5) is 23.5. The van der Waals surface area contributed by atoms with Gasteiger partial charge >= 0.3 is 0 Å². The molecule has 1 amide bonds. The average molecular weight is 339 g/mol. The zero-order chi connectivity index (χ0) is 17.6. The van der Waals surface area contributed by atoms with E-state index in [0.717, 1.165) is 25.1 Å². The number of aromatic nitrogens is 2. The highest BCUT2D eigenvalue weighted by Gasteiger charge is 2.28. The molecule has 3 rings (SSSR count). The van der Waals surface area contributed by atoms with Crippen molar-refractivity contribution in [1.29, 1.82) is 0 Å². The van der Waals surface area contributed by atoms with Gasteiger partial charge in [0.25, 0.3) is 0 Å². The van der Waals surface area contributed by atoms with Gasteiger partial charge in [-0.2, -0.15) is 0 Å². The maximum Gasteiger partial charge on any atom is 0.243 e. The minimum absolute atomic E-state index is 0.0583. The first-order valence-electron chi connectivity index (χ1n) is 8.84. The number of carbonyl (C=O) groups is 1. The summed E-state index contributed by atoms with van der Waals surface area (Å²) in [5, 5.41) is 1.90. The molecule has 1 aromatic heterocycles. The molecule has 1 aromatic carbocycles. The lowest BCUT2D eigenvalue weighted by molar-refractivity contribution is -0.125. The second kappa shape index (κ2) is 7.96. The first kappa shape index (κ1) is 17.2. The number of carbonyl (C=O) groups excluding carboxylic acids is 1. The van der Waals surface area contributed by atoms with Gasteiger partial charge in [0.05, 0.1) is 11.6 Å². The van der Waals surface area contributed by atoms with Gasteiger partial charge < -0.3 is 4.90 Å². The summed E-state index contributed by atoms with van der Waals surface area (Å²) in [6.45, 7) is 6.35. The van der Waals surface area contributed by atoms with E-state index in [2.05, 4.69) is 39.4 Å². The summed E-state index contributed by atoms with van der Waals surface area (Å²) in [7, 11) is 0. The molecule has 1 fully saturated rings. The molecule has 1 atom stereocenters. The monoisotopic (exact) mass is 339 g/mol. The molecule has 0 bridgehead atoms. The van der Waals surface area contributed by atoms with Gasteiger partial charge in [0.2, 0.25) is 11.9 Å². The van der Waals surface area contributed by atoms with Gasteiger partial charge in [0.15, 0.2) is 0 Å². The lowest BCUT2D eigenvalue weighted by Gasteiger charge is -2.33. The molecule has 1 unspecified atom stereocenters. The normalized spacial score (nSPS) is 17.2. The van der Waals surface area contributed by atoms with Crippen molar-refractivity contribution in [1.82, 2.24) is 15.4 Å². The summed E-state index contributed by atoms with van der Waals surface area (Å²) in [6.07, 6.45) is 5.33. The third kappa shape index (κ3) is 4.26. The van der Waals surface area contributed by atoms with Crippen molar-refractivity contribution in [2.45, 2.75) is 26.7 Å². The van der Waals surface area contributed by atoms with E-state index in [-0.39, 0.29) is 11.8 Å². The Labute approximate surface area is 148 Å². The predicted octanol–water partition coefficient (Wildman–Crippen LogP) is 2.56. The summed E-state index contributed by atoms with van der Waals surface area (Å²) in [5.41, 5.74) is 5.28. The van der Waals surface area contributed by atoms with Crippen LogP contribution in [0.1, 0.15) is 25.3 Å². The van der Waals surface area contributed by atoms with Crippen molar-refractivity contribution in [3.05, 3.63) is 48.3 Å². The zero-order valence-electron chi connectivity index (χ0n) is 14.9. The molecule has 0 saturated carbocycles. The molecule has 0 spiro atoms. The molecular weight excluding hydrogens is 314 g/mol. The largest absolute Gasteiger partial charge is 0.340 e. The topological polar surface area (TPSA) is 61.4 Å². The Balaban J connectivity index is 1.64. The third-order valence-electron chi connectivity index (χ3n) is 4.53. The van der Waals surface area contributed by atoms with Crippen LogP contribution in [0.5, 0.6) is 0 Å². The van der Waals surface area contributed by atoms with Gasteiger partial charge in [0.1, 0.15) is 0 Å². The van der Waals surface area contributed by atoms with Gasteiger partial charge in [-0.1, -0.05) is 17.7 Å². The highest BCUT2D eigenvalue weighted by molar-refractivity contribution is 5.81. The second-order valence-corrected chi connectivity index (χ2v) is 6.39. The molecule has 25 heavy (non-hydrogen) atoms. The Hall–Kier alpha value is -2.63. The van der Waals surface area contributed by atoms with E-state index in [1.807, 2.05) is 24.1 Å². The number of piperidine rings is 1. The highest BCUT2D eigenvalue weighted by atomic mass is 16.2. The quantitative estimate of drug-likeness (QED) is 0.848. The fourth-order valence-electron chi connectivity index (χ4n) is 3.10. The predicted molar refractivity (Wildman–Crippen MR) is 99.3 cm³/mol. The zero-order valence-corrected chi connectivity index (χ0v) is 14.9. The standard InChI is InChI=1S/C19H25N5O/c1-3-24(17-9-7-15(2)8-10-17)22-18(25)16-6-4-13-23(14-16)19-20-11-5-12-21-19/h5,7-12,16H,3-4,6,13-14H2,1-2H3,(H,22,25). The van der Waals surface area contributed by atoms with Crippen LogP contribution in [0.3, 0.4) is 0 Å². The van der Waals surface area contributed by atoms with Gasteiger partial charge in [-0.25, -0.2) is 9.97 Å². The van der Waals surface area contributed by atoms with Crippen molar-refractivity contribution in [3.8, 4) is 0 Å². The number of amides is 1. The number of aryl methyl sites for hydroxylation is 1. The van der Waals surface area contributed by atoms with E-state index in [1.165, 1.54) is 5.56 Å². The Kier molecular flexibility index (Phi) is 5.48. The molecular formula is C19H25N5O. The van der Waals surface area contributed by atoms with Gasteiger partial charge in [-0.15, -0.1) is 0 Å². The molecule has 2 heterocycles. The number of benzene rings is 1. The molecule has 0 radical (unpaired) electrons. The molecule has 1 N–H and O–H groups in total. The van der Waals surface area contributed by atoms with Crippen LogP contribution in [0.25, 0.3) is 0 Å². The SMILES string of the molecule is CCN(NC(=O)C1CCCN(c2ncccn2)C1)c1ccc(C)cc1. The number of hydrogen-bond donors (Lipinski definition) is 1. The highest BCUT2D eigenvalue weighted by Crippen LogP contribution is 2.21. The van der Waals surface area contributed by atoms with Crippen molar-refractivity contribution in [2.24, 2.45) is 5.92 Å². The first-order valence-corrected chi connectivity index (χ1v) is 8.84. The Morgan fingerprint density at radius 2 is 2.00 bits per heavy atom. The molecule has 2 aromatic rings. The van der Waals surface area contributed by atoms with Gasteiger partial charge in [-0.05, 0) is 44.9 Å². The van der Waals surface area contributed by atoms with Crippen molar-refractivity contribution >= 4 is 17.5 Å². The van der Waals surface area contributed by atoms with Crippen LogP contribution in [0, 0.1) is 12.8 Å². The summed E-state index contributed by atoms with van der Waals surface area (Å²) >= 11 is 0. The maximum atomic E-state index is 12.8. The Morgan fingerprint density at radius 1 is 1.28 bits per heavy atom. The fourth-order valence-corrected chi connectivity index (χ4v) is 3.10. The number of anilines is 2. The van der Waals surface area contributed by atoms with Crippen LogP contribution in [0.15, 0.2) is 42.7 Å². The Bertz CT molecular complexity index is 689. The number of nitrogens with zero attached hydrogens (tertiary/aromatic N) is 4. The second-order valence-electron chi connectivity index (χ2n) is 6.39. The molecule has 6 nitrogen and oxygen atoms in total. The van der Waals surface area contributed by atoms with Crippen molar-refractivity contribution < 1.29 is 4.79 Å². The summed E-state index contributed by atoms with van der Waals surface area (Å²) < 4.78 is 0. The number of hydrogen-bond acceptors (Lipinski definition) is 5. The molecule has 1 aliphatic rings. The van der Waals surface area contributed by atoms with E-state index < -0.39 is 0 Å². The van der Waals surface area contributed by atoms with E-state index in [4.69, 9.17) is 0 Å². The summed E-state index contributed by atoms with van der Waals surface area (Å²) in [5.74, 6) is 0.700. The summed E-state index contributed by atoms with van der Waals surface area (Å²) in [6, 6.07) is 9.98. The van der Waals surface area contributed by atoms with E-state index in [9.17, 15) is 4.79 Å². The lowest BCUT2D eigenvalue weighted by Crippen LogP contribution is -2.49. The van der Waals surface area contributed by atoms with E-state index in [1.54, 1.807) is 18.5 Å².